The van der Waals surface area contributed by atoms with Crippen LogP contribution in [0.2, 0.25) is 0 Å². The van der Waals surface area contributed by atoms with Crippen molar-refractivity contribution in [3.63, 3.8) is 0 Å². The SMILES string of the molecule is CS(=O)(=O)c1ccc(Cc2nc(N3CCC[C@@H](NC(=O)OCCCCCCCOc4ccc5c(c4)C(=O)N(C4CCC(=O)NC4=O)C5=O)C3)cnc2C(N)=O)cc1. The van der Waals surface area contributed by atoms with Gasteiger partial charge in [-0.2, -0.15) is 0 Å². The minimum absolute atomic E-state index is 0.0330. The van der Waals surface area contributed by atoms with E-state index < -0.39 is 51.5 Å². The topological polar surface area (TPSA) is 237 Å². The Morgan fingerprint density at radius 1 is 0.947 bits per heavy atom. The molecule has 2 fully saturated rings. The second-order valence-electron chi connectivity index (χ2n) is 14.3. The fourth-order valence-electron chi connectivity index (χ4n) is 7.09. The highest BCUT2D eigenvalue weighted by Gasteiger charge is 2.44. The van der Waals surface area contributed by atoms with Gasteiger partial charge in [0.2, 0.25) is 11.8 Å². The maximum atomic E-state index is 13.0. The molecule has 57 heavy (non-hydrogen) atoms. The summed E-state index contributed by atoms with van der Waals surface area (Å²) in [4.78, 5) is 86.5. The number of benzene rings is 2. The number of amides is 6. The normalized spacial score (nSPS) is 18.3. The number of imide groups is 2. The highest BCUT2D eigenvalue weighted by molar-refractivity contribution is 7.90. The van der Waals surface area contributed by atoms with Gasteiger partial charge < -0.3 is 25.4 Å². The van der Waals surface area contributed by atoms with Gasteiger partial charge in [-0.25, -0.2) is 23.2 Å². The molecule has 0 bridgehead atoms. The van der Waals surface area contributed by atoms with Crippen molar-refractivity contribution in [1.82, 2.24) is 25.5 Å². The number of carbonyl (C=O) groups excluding carboxylic acids is 6. The Hall–Kier alpha value is -5.91. The molecule has 0 spiro atoms. The molecule has 2 saturated heterocycles. The summed E-state index contributed by atoms with van der Waals surface area (Å²) in [6.45, 7) is 1.80. The number of fused-ring (bicyclic) bond motifs is 1. The van der Waals surface area contributed by atoms with Crippen LogP contribution in [0, 0.1) is 0 Å². The molecule has 3 aliphatic rings. The molecule has 17 nitrogen and oxygen atoms in total. The average Bonchev–Trinajstić information content (AvgIpc) is 3.41. The highest BCUT2D eigenvalue weighted by atomic mass is 32.2. The maximum absolute atomic E-state index is 13.0. The van der Waals surface area contributed by atoms with Gasteiger partial charge >= 0.3 is 6.09 Å². The van der Waals surface area contributed by atoms with E-state index >= 15 is 0 Å². The third kappa shape index (κ3) is 10.1. The van der Waals surface area contributed by atoms with Crippen LogP contribution in [0.15, 0.2) is 53.6 Å². The third-order valence-corrected chi connectivity index (χ3v) is 11.2. The first-order valence-electron chi connectivity index (χ1n) is 18.9. The van der Waals surface area contributed by atoms with Gasteiger partial charge in [-0.1, -0.05) is 31.4 Å². The number of hydrogen-bond acceptors (Lipinski definition) is 13. The number of unbranched alkanes of at least 4 members (excludes halogenated alkanes) is 4. The molecule has 4 N–H and O–H groups in total. The molecule has 2 atom stereocenters. The lowest BCUT2D eigenvalue weighted by molar-refractivity contribution is -0.136. The number of aromatic nitrogens is 2. The number of hydrogen-bond donors (Lipinski definition) is 3. The zero-order valence-electron chi connectivity index (χ0n) is 31.5. The maximum Gasteiger partial charge on any atom is 0.407 e. The fourth-order valence-corrected chi connectivity index (χ4v) is 7.72. The van der Waals surface area contributed by atoms with Crippen LogP contribution in [-0.4, -0.2) is 104 Å². The van der Waals surface area contributed by atoms with Gasteiger partial charge in [-0.05, 0) is 68.0 Å². The molecular weight excluding hydrogens is 759 g/mol. The Kier molecular flexibility index (Phi) is 12.8. The number of anilines is 1. The van der Waals surface area contributed by atoms with Crippen LogP contribution >= 0.6 is 0 Å². The standard InChI is InChI=1S/C39H45N7O10S/c1-57(53,54)27-12-9-24(10-13-27)20-30-34(35(40)48)41-22-32(43-30)45-17-7-8-25(23-45)42-39(52)56-19-6-4-2-3-5-18-55-26-11-14-28-29(21-26)38(51)46(37(28)50)31-15-16-33(47)44-36(31)49/h9-14,21-22,25,31H,2-8,15-20,23H2,1H3,(H2,40,48)(H,42,52)(H,44,47,49)/t25-,31?/m1/s1. The smallest absolute Gasteiger partial charge is 0.407 e. The van der Waals surface area contributed by atoms with Crippen LogP contribution in [0.4, 0.5) is 10.6 Å². The number of piperidine rings is 2. The lowest BCUT2D eigenvalue weighted by Gasteiger charge is -2.33. The predicted molar refractivity (Wildman–Crippen MR) is 204 cm³/mol. The Morgan fingerprint density at radius 3 is 2.39 bits per heavy atom. The number of ether oxygens (including phenoxy) is 2. The number of primary amides is 1. The number of nitrogens with zero attached hydrogens (tertiary/aromatic N) is 4. The molecular formula is C39H45N7O10S. The minimum Gasteiger partial charge on any atom is -0.494 e. The Morgan fingerprint density at radius 2 is 1.67 bits per heavy atom. The molecule has 18 heteroatoms. The van der Waals surface area contributed by atoms with E-state index in [0.717, 1.165) is 55.2 Å². The first-order chi connectivity index (χ1) is 27.3. The van der Waals surface area contributed by atoms with Crippen LogP contribution in [0.5, 0.6) is 5.75 Å². The number of nitrogens with one attached hydrogen (secondary N) is 2. The van der Waals surface area contributed by atoms with Gasteiger partial charge in [0.25, 0.3) is 17.7 Å². The molecule has 6 rings (SSSR count). The predicted octanol–water partition coefficient (Wildman–Crippen LogP) is 2.70. The van der Waals surface area contributed by atoms with Gasteiger partial charge in [0.1, 0.15) is 23.3 Å². The molecule has 1 aromatic heterocycles. The third-order valence-electron chi connectivity index (χ3n) is 10.1. The zero-order valence-corrected chi connectivity index (χ0v) is 32.3. The average molecular weight is 804 g/mol. The van der Waals surface area contributed by atoms with Crippen molar-refractivity contribution < 1.29 is 46.7 Å². The van der Waals surface area contributed by atoms with E-state index in [9.17, 15) is 37.2 Å². The largest absolute Gasteiger partial charge is 0.494 e. The van der Waals surface area contributed by atoms with Crippen LogP contribution < -0.4 is 26.0 Å². The van der Waals surface area contributed by atoms with Gasteiger partial charge in [0.05, 0.1) is 41.1 Å². The zero-order chi connectivity index (χ0) is 40.7. The Balaban J connectivity index is 0.878. The Bertz CT molecular complexity index is 2160. The molecule has 2 aromatic carbocycles. The first-order valence-corrected chi connectivity index (χ1v) is 20.8. The van der Waals surface area contributed by atoms with Crippen molar-refractivity contribution in [2.75, 3.05) is 37.5 Å². The summed E-state index contributed by atoms with van der Waals surface area (Å²) in [5.74, 6) is -1.98. The van der Waals surface area contributed by atoms with Crippen molar-refractivity contribution in [2.45, 2.75) is 81.2 Å². The summed E-state index contributed by atoms with van der Waals surface area (Å²) < 4.78 is 34.9. The molecule has 3 aromatic rings. The van der Waals surface area contributed by atoms with Gasteiger partial charge in [-0.3, -0.25) is 34.2 Å². The Labute approximate surface area is 329 Å². The fraction of sp³-hybridized carbons (Fsp3) is 0.436. The van der Waals surface area contributed by atoms with Gasteiger partial charge in [0.15, 0.2) is 9.84 Å². The molecule has 4 heterocycles. The number of nitrogens with two attached hydrogens (primary N) is 1. The monoisotopic (exact) mass is 803 g/mol. The van der Waals surface area contributed by atoms with E-state index in [1.165, 1.54) is 30.5 Å². The van der Waals surface area contributed by atoms with E-state index in [2.05, 4.69) is 15.6 Å². The lowest BCUT2D eigenvalue weighted by atomic mass is 10.0. The summed E-state index contributed by atoms with van der Waals surface area (Å²) in [5.41, 5.74) is 7.08. The van der Waals surface area contributed by atoms with Crippen molar-refractivity contribution in [1.29, 1.82) is 0 Å². The molecule has 0 radical (unpaired) electrons. The number of sulfone groups is 1. The van der Waals surface area contributed by atoms with Crippen LogP contribution in [0.25, 0.3) is 0 Å². The van der Waals surface area contributed by atoms with Crippen LogP contribution in [-0.2, 0) is 30.6 Å². The summed E-state index contributed by atoms with van der Waals surface area (Å²) in [6, 6.07) is 9.76. The van der Waals surface area contributed by atoms with E-state index in [0.29, 0.717) is 43.4 Å². The van der Waals surface area contributed by atoms with Crippen molar-refractivity contribution in [2.24, 2.45) is 5.73 Å². The molecule has 302 valence electrons. The number of alkyl carbamates (subject to hydrolysis) is 1. The summed E-state index contributed by atoms with van der Waals surface area (Å²) >= 11 is 0. The highest BCUT2D eigenvalue weighted by Crippen LogP contribution is 2.30. The number of carbonyl (C=O) groups is 6. The van der Waals surface area contributed by atoms with Crippen LogP contribution in [0.3, 0.4) is 0 Å². The molecule has 1 unspecified atom stereocenters. The second kappa shape index (κ2) is 17.9. The van der Waals surface area contributed by atoms with E-state index in [1.54, 1.807) is 18.2 Å². The molecule has 0 saturated carbocycles. The van der Waals surface area contributed by atoms with Crippen LogP contribution in [0.1, 0.15) is 100 Å². The second-order valence-corrected chi connectivity index (χ2v) is 16.3. The quantitative estimate of drug-likeness (QED) is 0.140. The van der Waals surface area contributed by atoms with Crippen molar-refractivity contribution in [3.8, 4) is 5.75 Å². The molecule has 3 aliphatic heterocycles. The summed E-state index contributed by atoms with van der Waals surface area (Å²) in [6.07, 6.45) is 8.07. The lowest BCUT2D eigenvalue weighted by Crippen LogP contribution is -2.54. The summed E-state index contributed by atoms with van der Waals surface area (Å²) in [7, 11) is -3.35. The van der Waals surface area contributed by atoms with E-state index in [4.69, 9.17) is 20.2 Å². The van der Waals surface area contributed by atoms with E-state index in [-0.39, 0.29) is 53.6 Å². The van der Waals surface area contributed by atoms with Crippen molar-refractivity contribution in [3.05, 3.63) is 76.7 Å². The minimum atomic E-state index is -3.35. The molecule has 6 amide bonds. The van der Waals surface area contributed by atoms with Gasteiger partial charge in [-0.15, -0.1) is 0 Å². The van der Waals surface area contributed by atoms with Crippen molar-refractivity contribution >= 4 is 51.3 Å². The summed E-state index contributed by atoms with van der Waals surface area (Å²) in [5, 5.41) is 5.12. The number of rotatable bonds is 16. The first kappa shape index (κ1) is 40.7. The van der Waals surface area contributed by atoms with E-state index in [1.807, 2.05) is 4.90 Å². The van der Waals surface area contributed by atoms with Gasteiger partial charge in [0, 0.05) is 38.2 Å². The molecule has 0 aliphatic carbocycles.